The maximum absolute atomic E-state index is 11.7. The first kappa shape index (κ1) is 19.8. The lowest BCUT2D eigenvalue weighted by Crippen LogP contribution is -2.23. The van der Waals surface area contributed by atoms with Crippen molar-refractivity contribution in [2.24, 2.45) is 0 Å². The molecule has 1 N–H and O–H groups in total. The summed E-state index contributed by atoms with van der Waals surface area (Å²) in [6.07, 6.45) is 7.08. The monoisotopic (exact) mass is 377 g/mol. The smallest absolute Gasteiger partial charge is 0.222 e. The van der Waals surface area contributed by atoms with Gasteiger partial charge in [0, 0.05) is 56.8 Å². The van der Waals surface area contributed by atoms with Crippen molar-refractivity contribution in [3.05, 3.63) is 72.2 Å². The average Bonchev–Trinajstić information content (AvgIpc) is 3.11. The highest BCUT2D eigenvalue weighted by Crippen LogP contribution is 2.21. The summed E-state index contributed by atoms with van der Waals surface area (Å²) in [4.78, 5) is 17.5. The van der Waals surface area contributed by atoms with Crippen LogP contribution in [0.2, 0.25) is 0 Å². The highest BCUT2D eigenvalue weighted by atomic mass is 16.2. The lowest BCUT2D eigenvalue weighted by atomic mass is 10.1. The van der Waals surface area contributed by atoms with Gasteiger partial charge in [-0.25, -0.2) is 0 Å². The molecule has 3 aromatic rings. The molecule has 0 aliphatic rings. The second-order valence-electron chi connectivity index (χ2n) is 7.00. The zero-order chi connectivity index (χ0) is 19.8. The van der Waals surface area contributed by atoms with E-state index in [4.69, 9.17) is 5.10 Å². The van der Waals surface area contributed by atoms with Crippen LogP contribution < -0.4 is 5.32 Å². The molecular weight excluding hydrogens is 350 g/mol. The van der Waals surface area contributed by atoms with E-state index in [1.54, 1.807) is 25.2 Å². The Balaban J connectivity index is 1.67. The maximum Gasteiger partial charge on any atom is 0.222 e. The van der Waals surface area contributed by atoms with Crippen molar-refractivity contribution >= 4 is 5.91 Å². The molecule has 28 heavy (non-hydrogen) atoms. The number of carbonyl (C=O) groups excluding carboxylic acids is 1. The van der Waals surface area contributed by atoms with Crippen LogP contribution in [0.4, 0.5) is 0 Å². The summed E-state index contributed by atoms with van der Waals surface area (Å²) in [5.41, 5.74) is 4.29. The number of rotatable bonds is 9. The van der Waals surface area contributed by atoms with E-state index in [1.807, 2.05) is 41.2 Å². The van der Waals surface area contributed by atoms with Gasteiger partial charge in [-0.2, -0.15) is 5.10 Å². The topological polar surface area (TPSA) is 63.1 Å². The number of hydrogen-bond donors (Lipinski definition) is 1. The Morgan fingerprint density at radius 1 is 1.14 bits per heavy atom. The van der Waals surface area contributed by atoms with Gasteiger partial charge in [-0.15, -0.1) is 0 Å². The Kier molecular flexibility index (Phi) is 6.92. The van der Waals surface area contributed by atoms with E-state index >= 15 is 0 Å². The van der Waals surface area contributed by atoms with Crippen LogP contribution in [0.5, 0.6) is 0 Å². The van der Waals surface area contributed by atoms with Crippen molar-refractivity contribution in [2.45, 2.75) is 25.9 Å². The number of aromatic nitrogens is 3. The molecule has 146 valence electrons. The summed E-state index contributed by atoms with van der Waals surface area (Å²) in [7, 11) is 3.58. The molecule has 6 nitrogen and oxygen atoms in total. The Bertz CT molecular complexity index is 874. The molecule has 0 aliphatic carbocycles. The van der Waals surface area contributed by atoms with Crippen LogP contribution in [0.3, 0.4) is 0 Å². The molecule has 0 fully saturated rings. The van der Waals surface area contributed by atoms with E-state index in [0.717, 1.165) is 36.3 Å². The van der Waals surface area contributed by atoms with Crippen molar-refractivity contribution in [2.75, 3.05) is 20.6 Å². The third-order valence-corrected chi connectivity index (χ3v) is 4.52. The van der Waals surface area contributed by atoms with Gasteiger partial charge >= 0.3 is 0 Å². The first-order chi connectivity index (χ1) is 13.6. The fraction of sp³-hybridized carbons (Fsp3) is 0.318. The van der Waals surface area contributed by atoms with Crippen LogP contribution in [-0.2, 0) is 17.9 Å². The number of amides is 1. The summed E-state index contributed by atoms with van der Waals surface area (Å²) in [6, 6.07) is 14.3. The molecule has 3 rings (SSSR count). The van der Waals surface area contributed by atoms with Crippen LogP contribution in [0.1, 0.15) is 24.0 Å². The van der Waals surface area contributed by atoms with E-state index < -0.39 is 0 Å². The van der Waals surface area contributed by atoms with Gasteiger partial charge in [-0.3, -0.25) is 14.5 Å². The molecule has 0 radical (unpaired) electrons. The van der Waals surface area contributed by atoms with Gasteiger partial charge in [0.15, 0.2) is 0 Å². The first-order valence-corrected chi connectivity index (χ1v) is 9.55. The van der Waals surface area contributed by atoms with Crippen LogP contribution in [0, 0.1) is 0 Å². The molecule has 0 saturated heterocycles. The minimum absolute atomic E-state index is 0.161. The maximum atomic E-state index is 11.7. The van der Waals surface area contributed by atoms with E-state index in [9.17, 15) is 4.79 Å². The quantitative estimate of drug-likeness (QED) is 0.583. The third-order valence-electron chi connectivity index (χ3n) is 4.52. The summed E-state index contributed by atoms with van der Waals surface area (Å²) >= 11 is 0. The third kappa shape index (κ3) is 5.50. The summed E-state index contributed by atoms with van der Waals surface area (Å²) < 4.78 is 1.98. The van der Waals surface area contributed by atoms with E-state index in [1.165, 1.54) is 5.56 Å². The number of hydrogen-bond acceptors (Lipinski definition) is 4. The van der Waals surface area contributed by atoms with Crippen molar-refractivity contribution < 1.29 is 4.79 Å². The average molecular weight is 377 g/mol. The molecule has 0 aliphatic heterocycles. The van der Waals surface area contributed by atoms with Gasteiger partial charge in [0.05, 0.1) is 12.2 Å². The molecule has 0 unspecified atom stereocenters. The highest BCUT2D eigenvalue weighted by Gasteiger charge is 2.12. The fourth-order valence-electron chi connectivity index (χ4n) is 3.00. The van der Waals surface area contributed by atoms with Gasteiger partial charge < -0.3 is 10.2 Å². The number of carbonyl (C=O) groups is 1. The molecular formula is C22H27N5O. The summed E-state index contributed by atoms with van der Waals surface area (Å²) in [5, 5.41) is 8.24. The minimum Gasteiger partial charge on any atom is -0.349 e. The number of benzene rings is 1. The first-order valence-electron chi connectivity index (χ1n) is 9.55. The predicted octanol–water partition coefficient (Wildman–Crippen LogP) is 2.95. The molecule has 0 spiro atoms. The molecule has 0 atom stereocenters. The Morgan fingerprint density at radius 2 is 1.96 bits per heavy atom. The molecule has 2 aromatic heterocycles. The Hall–Kier alpha value is -2.99. The molecule has 1 amide bonds. The van der Waals surface area contributed by atoms with Gasteiger partial charge in [-0.05, 0) is 30.7 Å². The predicted molar refractivity (Wildman–Crippen MR) is 111 cm³/mol. The number of nitrogens with one attached hydrogen (secondary N) is 1. The van der Waals surface area contributed by atoms with Crippen LogP contribution in [-0.4, -0.2) is 46.2 Å². The van der Waals surface area contributed by atoms with Gasteiger partial charge in [0.1, 0.15) is 0 Å². The summed E-state index contributed by atoms with van der Waals surface area (Å²) in [6.45, 7) is 2.22. The van der Waals surface area contributed by atoms with Gasteiger partial charge in [-0.1, -0.05) is 30.3 Å². The molecule has 0 saturated carbocycles. The van der Waals surface area contributed by atoms with Crippen molar-refractivity contribution in [3.63, 3.8) is 0 Å². The van der Waals surface area contributed by atoms with Crippen molar-refractivity contribution in [1.82, 2.24) is 25.0 Å². The zero-order valence-corrected chi connectivity index (χ0v) is 16.5. The van der Waals surface area contributed by atoms with Crippen molar-refractivity contribution in [3.8, 4) is 11.3 Å². The summed E-state index contributed by atoms with van der Waals surface area (Å²) in [5.74, 6) is 0.161. The lowest BCUT2D eigenvalue weighted by Gasteiger charge is -2.10. The molecule has 2 heterocycles. The van der Waals surface area contributed by atoms with Crippen LogP contribution in [0.15, 0.2) is 61.1 Å². The molecule has 1 aromatic carbocycles. The van der Waals surface area contributed by atoms with E-state index in [2.05, 4.69) is 28.6 Å². The standard InChI is InChI=1S/C22H27N5O/c1-26(2)21(28)11-7-13-24-15-20-17-27(16-18-8-4-3-5-9-18)25-22(20)19-10-6-12-23-14-19/h3-6,8-10,12,14,17,24H,7,11,13,15-16H2,1-2H3. The Morgan fingerprint density at radius 3 is 2.68 bits per heavy atom. The fourth-order valence-corrected chi connectivity index (χ4v) is 3.00. The Labute approximate surface area is 166 Å². The second kappa shape index (κ2) is 9.80. The number of nitrogens with zero attached hydrogens (tertiary/aromatic N) is 4. The SMILES string of the molecule is CN(C)C(=O)CCCNCc1cn(Cc2ccccc2)nc1-c1cccnc1. The zero-order valence-electron chi connectivity index (χ0n) is 16.5. The van der Waals surface area contributed by atoms with Crippen molar-refractivity contribution in [1.29, 1.82) is 0 Å². The van der Waals surface area contributed by atoms with Gasteiger partial charge in [0.25, 0.3) is 0 Å². The number of pyridine rings is 1. The normalized spacial score (nSPS) is 10.8. The molecule has 0 bridgehead atoms. The highest BCUT2D eigenvalue weighted by molar-refractivity contribution is 5.75. The largest absolute Gasteiger partial charge is 0.349 e. The molecule has 6 heteroatoms. The van der Waals surface area contributed by atoms with E-state index in [0.29, 0.717) is 13.0 Å². The lowest BCUT2D eigenvalue weighted by molar-refractivity contribution is -0.128. The van der Waals surface area contributed by atoms with E-state index in [-0.39, 0.29) is 5.91 Å². The van der Waals surface area contributed by atoms with Crippen LogP contribution in [0.25, 0.3) is 11.3 Å². The van der Waals surface area contributed by atoms with Crippen LogP contribution >= 0.6 is 0 Å². The minimum atomic E-state index is 0.161. The second-order valence-corrected chi connectivity index (χ2v) is 7.00. The van der Waals surface area contributed by atoms with Gasteiger partial charge in [0.2, 0.25) is 5.91 Å².